The van der Waals surface area contributed by atoms with Crippen LogP contribution in [0.2, 0.25) is 5.02 Å². The van der Waals surface area contributed by atoms with Crippen LogP contribution in [0.5, 0.6) is 5.75 Å². The standard InChI is InChI=1S/C11H12ClN3O/c12-10-3-1-2-4-11(10)16-6-5-15-8-9(13)7-14-15/h1-4,7-8H,5-6,13H2. The molecule has 84 valence electrons. The zero-order valence-electron chi connectivity index (χ0n) is 8.64. The van der Waals surface area contributed by atoms with Crippen molar-refractivity contribution in [3.05, 3.63) is 41.7 Å². The predicted molar refractivity (Wildman–Crippen MR) is 63.6 cm³/mol. The molecule has 0 saturated heterocycles. The van der Waals surface area contributed by atoms with Crippen molar-refractivity contribution in [2.45, 2.75) is 6.54 Å². The summed E-state index contributed by atoms with van der Waals surface area (Å²) < 4.78 is 7.24. The van der Waals surface area contributed by atoms with E-state index >= 15 is 0 Å². The Labute approximate surface area is 98.6 Å². The van der Waals surface area contributed by atoms with Gasteiger partial charge >= 0.3 is 0 Å². The molecule has 0 fully saturated rings. The van der Waals surface area contributed by atoms with Gasteiger partial charge in [-0.15, -0.1) is 0 Å². The van der Waals surface area contributed by atoms with E-state index in [1.54, 1.807) is 23.1 Å². The lowest BCUT2D eigenvalue weighted by Gasteiger charge is -2.07. The van der Waals surface area contributed by atoms with Crippen LogP contribution in [-0.4, -0.2) is 16.4 Å². The number of nitrogens with two attached hydrogens (primary N) is 1. The van der Waals surface area contributed by atoms with Gasteiger partial charge in [-0.25, -0.2) is 0 Å². The molecule has 5 heteroatoms. The Morgan fingerprint density at radius 3 is 2.88 bits per heavy atom. The van der Waals surface area contributed by atoms with Gasteiger partial charge in [0.05, 0.1) is 23.5 Å². The Kier molecular flexibility index (Phi) is 3.31. The van der Waals surface area contributed by atoms with E-state index in [0.717, 1.165) is 0 Å². The zero-order valence-corrected chi connectivity index (χ0v) is 9.39. The van der Waals surface area contributed by atoms with Crippen molar-refractivity contribution >= 4 is 17.3 Å². The molecule has 2 N–H and O–H groups in total. The van der Waals surface area contributed by atoms with Crippen LogP contribution < -0.4 is 10.5 Å². The van der Waals surface area contributed by atoms with Crippen LogP contribution in [0.4, 0.5) is 5.69 Å². The van der Waals surface area contributed by atoms with Gasteiger partial charge in [0.1, 0.15) is 12.4 Å². The quantitative estimate of drug-likeness (QED) is 0.887. The van der Waals surface area contributed by atoms with Crippen LogP contribution in [0, 0.1) is 0 Å². The van der Waals surface area contributed by atoms with Gasteiger partial charge < -0.3 is 10.5 Å². The molecule has 1 aromatic carbocycles. The summed E-state index contributed by atoms with van der Waals surface area (Å²) in [7, 11) is 0. The molecule has 0 bridgehead atoms. The number of benzene rings is 1. The number of halogens is 1. The summed E-state index contributed by atoms with van der Waals surface area (Å²) in [5.74, 6) is 0.685. The first-order valence-corrected chi connectivity index (χ1v) is 5.29. The van der Waals surface area contributed by atoms with Gasteiger partial charge in [-0.1, -0.05) is 23.7 Å². The highest BCUT2D eigenvalue weighted by Crippen LogP contribution is 2.22. The predicted octanol–water partition coefficient (Wildman–Crippen LogP) is 2.20. The highest BCUT2D eigenvalue weighted by atomic mass is 35.5. The van der Waals surface area contributed by atoms with Crippen LogP contribution in [0.15, 0.2) is 36.7 Å². The molecule has 0 aliphatic carbocycles. The minimum atomic E-state index is 0.505. The minimum Gasteiger partial charge on any atom is -0.490 e. The van der Waals surface area contributed by atoms with Crippen molar-refractivity contribution in [3.63, 3.8) is 0 Å². The third-order valence-electron chi connectivity index (χ3n) is 2.07. The number of hydrogen-bond acceptors (Lipinski definition) is 3. The molecule has 0 atom stereocenters. The van der Waals surface area contributed by atoms with E-state index < -0.39 is 0 Å². The van der Waals surface area contributed by atoms with Crippen molar-refractivity contribution in [3.8, 4) is 5.75 Å². The number of hydrogen-bond donors (Lipinski definition) is 1. The number of aromatic nitrogens is 2. The first-order chi connectivity index (χ1) is 7.75. The lowest BCUT2D eigenvalue weighted by molar-refractivity contribution is 0.291. The smallest absolute Gasteiger partial charge is 0.137 e. The van der Waals surface area contributed by atoms with E-state index in [4.69, 9.17) is 22.1 Å². The van der Waals surface area contributed by atoms with Gasteiger partial charge in [0.15, 0.2) is 0 Å². The fraction of sp³-hybridized carbons (Fsp3) is 0.182. The van der Waals surface area contributed by atoms with Gasteiger partial charge in [0, 0.05) is 6.20 Å². The van der Waals surface area contributed by atoms with Crippen LogP contribution in [0.3, 0.4) is 0 Å². The zero-order chi connectivity index (χ0) is 11.4. The monoisotopic (exact) mass is 237 g/mol. The Morgan fingerprint density at radius 1 is 1.38 bits per heavy atom. The topological polar surface area (TPSA) is 53.1 Å². The van der Waals surface area contributed by atoms with E-state index in [1.165, 1.54) is 0 Å². The number of rotatable bonds is 4. The van der Waals surface area contributed by atoms with Crippen LogP contribution >= 0.6 is 11.6 Å². The molecule has 0 radical (unpaired) electrons. The van der Waals surface area contributed by atoms with Crippen molar-refractivity contribution in [1.29, 1.82) is 0 Å². The van der Waals surface area contributed by atoms with Crippen LogP contribution in [-0.2, 0) is 6.54 Å². The van der Waals surface area contributed by atoms with E-state index in [-0.39, 0.29) is 0 Å². The van der Waals surface area contributed by atoms with Crippen LogP contribution in [0.1, 0.15) is 0 Å². The average Bonchev–Trinajstić information content (AvgIpc) is 2.67. The summed E-state index contributed by atoms with van der Waals surface area (Å²) in [6.07, 6.45) is 3.37. The number of ether oxygens (including phenoxy) is 1. The molecule has 0 aliphatic heterocycles. The molecular weight excluding hydrogens is 226 g/mol. The van der Waals surface area contributed by atoms with Crippen molar-refractivity contribution in [2.75, 3.05) is 12.3 Å². The Morgan fingerprint density at radius 2 is 2.19 bits per heavy atom. The van der Waals surface area contributed by atoms with Crippen LogP contribution in [0.25, 0.3) is 0 Å². The molecule has 16 heavy (non-hydrogen) atoms. The number of anilines is 1. The largest absolute Gasteiger partial charge is 0.490 e. The molecule has 0 amide bonds. The van der Waals surface area contributed by atoms with E-state index in [9.17, 15) is 0 Å². The van der Waals surface area contributed by atoms with E-state index in [0.29, 0.717) is 29.6 Å². The SMILES string of the molecule is Nc1cnn(CCOc2ccccc2Cl)c1. The first kappa shape index (κ1) is 10.8. The van der Waals surface area contributed by atoms with Gasteiger partial charge in [0.25, 0.3) is 0 Å². The fourth-order valence-corrected chi connectivity index (χ4v) is 1.50. The van der Waals surface area contributed by atoms with Gasteiger partial charge in [0.2, 0.25) is 0 Å². The molecule has 0 unspecified atom stereocenters. The lowest BCUT2D eigenvalue weighted by atomic mass is 10.3. The molecule has 0 spiro atoms. The van der Waals surface area contributed by atoms with E-state index in [2.05, 4.69) is 5.10 Å². The second-order valence-corrected chi connectivity index (χ2v) is 3.72. The highest BCUT2D eigenvalue weighted by molar-refractivity contribution is 6.32. The summed E-state index contributed by atoms with van der Waals surface area (Å²) >= 11 is 5.94. The average molecular weight is 238 g/mol. The summed E-state index contributed by atoms with van der Waals surface area (Å²) in [6, 6.07) is 7.37. The van der Waals surface area contributed by atoms with Crippen molar-refractivity contribution in [1.82, 2.24) is 9.78 Å². The minimum absolute atomic E-state index is 0.505. The maximum atomic E-state index is 5.94. The van der Waals surface area contributed by atoms with Crippen molar-refractivity contribution < 1.29 is 4.74 Å². The van der Waals surface area contributed by atoms with Gasteiger partial charge in [-0.2, -0.15) is 5.10 Å². The number of nitrogens with zero attached hydrogens (tertiary/aromatic N) is 2. The van der Waals surface area contributed by atoms with Crippen molar-refractivity contribution in [2.24, 2.45) is 0 Å². The number of nitrogen functional groups attached to an aromatic ring is 1. The van der Waals surface area contributed by atoms with Gasteiger partial charge in [-0.3, -0.25) is 4.68 Å². The normalized spacial score (nSPS) is 10.3. The summed E-state index contributed by atoms with van der Waals surface area (Å²) in [5.41, 5.74) is 6.19. The molecule has 0 aliphatic rings. The maximum Gasteiger partial charge on any atom is 0.137 e. The molecule has 4 nitrogen and oxygen atoms in total. The molecule has 2 aromatic rings. The molecule has 1 aromatic heterocycles. The third kappa shape index (κ3) is 2.67. The molecule has 1 heterocycles. The Balaban J connectivity index is 1.87. The third-order valence-corrected chi connectivity index (χ3v) is 2.38. The Hall–Kier alpha value is -1.68. The summed E-state index contributed by atoms with van der Waals surface area (Å²) in [6.45, 7) is 1.15. The highest BCUT2D eigenvalue weighted by Gasteiger charge is 2.00. The van der Waals surface area contributed by atoms with E-state index in [1.807, 2.05) is 18.2 Å². The molecule has 2 rings (SSSR count). The lowest BCUT2D eigenvalue weighted by Crippen LogP contribution is -2.08. The van der Waals surface area contributed by atoms with Gasteiger partial charge in [-0.05, 0) is 12.1 Å². The summed E-state index contributed by atoms with van der Waals surface area (Å²) in [5, 5.41) is 4.66. The molecule has 0 saturated carbocycles. The second kappa shape index (κ2) is 4.90. The summed E-state index contributed by atoms with van der Waals surface area (Å²) in [4.78, 5) is 0. The first-order valence-electron chi connectivity index (χ1n) is 4.91. The second-order valence-electron chi connectivity index (χ2n) is 3.32. The fourth-order valence-electron chi connectivity index (χ4n) is 1.31. The number of para-hydroxylation sites is 1. The maximum absolute atomic E-state index is 5.94. The molecular formula is C11H12ClN3O. The Bertz CT molecular complexity index is 470.